The first-order valence-corrected chi connectivity index (χ1v) is 11.8. The van der Waals surface area contributed by atoms with Crippen LogP contribution in [0.4, 0.5) is 10.1 Å². The Bertz CT molecular complexity index is 1510. The summed E-state index contributed by atoms with van der Waals surface area (Å²) in [5.41, 5.74) is 8.01. The number of fused-ring (bicyclic) bond motifs is 1. The van der Waals surface area contributed by atoms with Crippen LogP contribution in [0.5, 0.6) is 0 Å². The van der Waals surface area contributed by atoms with Gasteiger partial charge in [-0.15, -0.1) is 0 Å². The summed E-state index contributed by atoms with van der Waals surface area (Å²) in [6, 6.07) is 12.5. The molecule has 0 aliphatic carbocycles. The largest absolute Gasteiger partial charge is 0.364 e. The number of anilines is 1. The molecule has 0 spiro atoms. The second-order valence-corrected chi connectivity index (χ2v) is 9.06. The van der Waals surface area contributed by atoms with E-state index < -0.39 is 29.9 Å². The maximum Gasteiger partial charge on any atom is 0.269 e. The summed E-state index contributed by atoms with van der Waals surface area (Å²) in [6.07, 6.45) is 1.64. The molecule has 10 nitrogen and oxygen atoms in total. The molecule has 37 heavy (non-hydrogen) atoms. The maximum absolute atomic E-state index is 14.4. The first-order valence-electron chi connectivity index (χ1n) is 11.4. The summed E-state index contributed by atoms with van der Waals surface area (Å²) in [6.45, 7) is -0.541. The number of nitrogens with zero attached hydrogens (tertiary/aromatic N) is 5. The molecular weight excluding hydrogens is 501 g/mol. The highest BCUT2D eigenvalue weighted by Crippen LogP contribution is 2.28. The number of halogens is 2. The first kappa shape index (κ1) is 24.3. The van der Waals surface area contributed by atoms with Crippen LogP contribution in [0.3, 0.4) is 0 Å². The van der Waals surface area contributed by atoms with Gasteiger partial charge in [0.05, 0.1) is 24.5 Å². The standard InChI is InChI=1S/C25H21ClFN7O3/c26-16-2-1-3-18(9-16)31-25(37)21-10-17(27)12-33(21)22(35)13-34-20-5-4-14(15-6-7-29-30-11-15)8-19(20)23(32-34)24(28)36/h1-9,11,17,21H,10,12-13H2,(H2,28,36)(H,31,37)/t17-,21+/m1/s1. The van der Waals surface area contributed by atoms with Gasteiger partial charge in [-0.3, -0.25) is 19.1 Å². The quantitative estimate of drug-likeness (QED) is 0.400. The van der Waals surface area contributed by atoms with Crippen LogP contribution in [0.15, 0.2) is 60.9 Å². The van der Waals surface area contributed by atoms with Crippen molar-refractivity contribution >= 4 is 45.9 Å². The van der Waals surface area contributed by atoms with Crippen molar-refractivity contribution < 1.29 is 18.8 Å². The minimum Gasteiger partial charge on any atom is -0.364 e. The van der Waals surface area contributed by atoms with E-state index in [0.29, 0.717) is 21.6 Å². The molecule has 0 radical (unpaired) electrons. The fourth-order valence-electron chi connectivity index (χ4n) is 4.44. The molecule has 5 rings (SSSR count). The van der Waals surface area contributed by atoms with Crippen molar-refractivity contribution in [3.63, 3.8) is 0 Å². The number of carbonyl (C=O) groups is 3. The van der Waals surface area contributed by atoms with E-state index in [4.69, 9.17) is 17.3 Å². The van der Waals surface area contributed by atoms with Gasteiger partial charge in [-0.1, -0.05) is 23.7 Å². The van der Waals surface area contributed by atoms with Gasteiger partial charge in [0.25, 0.3) is 5.91 Å². The Hall–Kier alpha value is -4.38. The smallest absolute Gasteiger partial charge is 0.269 e. The highest BCUT2D eigenvalue weighted by atomic mass is 35.5. The van der Waals surface area contributed by atoms with E-state index in [9.17, 15) is 18.8 Å². The third-order valence-electron chi connectivity index (χ3n) is 6.15. The minimum atomic E-state index is -1.36. The van der Waals surface area contributed by atoms with Crippen LogP contribution in [0.25, 0.3) is 22.0 Å². The normalized spacial score (nSPS) is 17.2. The van der Waals surface area contributed by atoms with Crippen LogP contribution in [-0.2, 0) is 16.1 Å². The highest BCUT2D eigenvalue weighted by molar-refractivity contribution is 6.30. The number of primary amides is 1. The van der Waals surface area contributed by atoms with Gasteiger partial charge in [0.15, 0.2) is 5.69 Å². The summed E-state index contributed by atoms with van der Waals surface area (Å²) in [4.78, 5) is 39.5. The van der Waals surface area contributed by atoms with Crippen LogP contribution < -0.4 is 11.1 Å². The number of hydrogen-bond acceptors (Lipinski definition) is 6. The van der Waals surface area contributed by atoms with Crippen molar-refractivity contribution in [1.29, 1.82) is 0 Å². The molecular formula is C25H21ClFN7O3. The number of aromatic nitrogens is 4. The summed E-state index contributed by atoms with van der Waals surface area (Å²) in [5, 5.41) is 15.5. The minimum absolute atomic E-state index is 0.00768. The first-order chi connectivity index (χ1) is 17.8. The number of likely N-dealkylation sites (tertiary alicyclic amines) is 1. The van der Waals surface area contributed by atoms with Gasteiger partial charge in [-0.05, 0) is 42.0 Å². The number of benzene rings is 2. The molecule has 188 valence electrons. The zero-order valence-electron chi connectivity index (χ0n) is 19.3. The van der Waals surface area contributed by atoms with Crippen molar-refractivity contribution in [3.8, 4) is 11.1 Å². The number of amides is 3. The molecule has 0 unspecified atom stereocenters. The van der Waals surface area contributed by atoms with Crippen molar-refractivity contribution in [2.24, 2.45) is 5.73 Å². The number of hydrogen-bond donors (Lipinski definition) is 2. The summed E-state index contributed by atoms with van der Waals surface area (Å²) in [5.74, 6) is -1.80. The van der Waals surface area contributed by atoms with E-state index >= 15 is 0 Å². The van der Waals surface area contributed by atoms with E-state index in [1.54, 1.807) is 60.9 Å². The van der Waals surface area contributed by atoms with Crippen LogP contribution in [0.2, 0.25) is 5.02 Å². The Kier molecular flexibility index (Phi) is 6.53. The molecule has 0 bridgehead atoms. The molecule has 0 saturated carbocycles. The van der Waals surface area contributed by atoms with E-state index in [2.05, 4.69) is 20.6 Å². The molecule has 3 amide bonds. The number of nitrogens with one attached hydrogen (secondary N) is 1. The lowest BCUT2D eigenvalue weighted by molar-refractivity contribution is -0.137. The molecule has 4 aromatic rings. The molecule has 2 aromatic carbocycles. The fraction of sp³-hybridized carbons (Fsp3) is 0.200. The van der Waals surface area contributed by atoms with Crippen LogP contribution >= 0.6 is 11.6 Å². The van der Waals surface area contributed by atoms with E-state index in [1.165, 1.54) is 9.58 Å². The molecule has 1 fully saturated rings. The lowest BCUT2D eigenvalue weighted by Crippen LogP contribution is -2.44. The van der Waals surface area contributed by atoms with Crippen LogP contribution in [-0.4, -0.2) is 61.4 Å². The molecule has 2 atom stereocenters. The summed E-state index contributed by atoms with van der Waals surface area (Å²) < 4.78 is 15.7. The third kappa shape index (κ3) is 4.98. The molecule has 1 saturated heterocycles. The van der Waals surface area contributed by atoms with Crippen molar-refractivity contribution in [2.75, 3.05) is 11.9 Å². The van der Waals surface area contributed by atoms with Gasteiger partial charge in [0, 0.05) is 28.1 Å². The zero-order chi connectivity index (χ0) is 26.1. The van der Waals surface area contributed by atoms with E-state index in [0.717, 1.165) is 11.1 Å². The number of nitrogens with two attached hydrogens (primary N) is 1. The van der Waals surface area contributed by atoms with Crippen molar-refractivity contribution in [1.82, 2.24) is 24.9 Å². The Labute approximate surface area is 215 Å². The van der Waals surface area contributed by atoms with Crippen LogP contribution in [0, 0.1) is 0 Å². The lowest BCUT2D eigenvalue weighted by Gasteiger charge is -2.23. The predicted molar refractivity (Wildman–Crippen MR) is 134 cm³/mol. The highest BCUT2D eigenvalue weighted by Gasteiger charge is 2.40. The number of rotatable bonds is 6. The Morgan fingerprint density at radius 1 is 1.11 bits per heavy atom. The van der Waals surface area contributed by atoms with E-state index in [-0.39, 0.29) is 25.2 Å². The van der Waals surface area contributed by atoms with Gasteiger partial charge in [-0.2, -0.15) is 15.3 Å². The number of carbonyl (C=O) groups excluding carboxylic acids is 3. The zero-order valence-corrected chi connectivity index (χ0v) is 20.1. The van der Waals surface area contributed by atoms with Crippen molar-refractivity contribution in [3.05, 3.63) is 71.6 Å². The van der Waals surface area contributed by atoms with Gasteiger partial charge in [0.1, 0.15) is 18.8 Å². The maximum atomic E-state index is 14.4. The van der Waals surface area contributed by atoms with Gasteiger partial charge < -0.3 is 16.0 Å². The molecule has 2 aromatic heterocycles. The molecule has 3 N–H and O–H groups in total. The average molecular weight is 522 g/mol. The Morgan fingerprint density at radius 2 is 1.95 bits per heavy atom. The monoisotopic (exact) mass is 521 g/mol. The predicted octanol–water partition coefficient (Wildman–Crippen LogP) is 2.82. The molecule has 3 heterocycles. The summed E-state index contributed by atoms with van der Waals surface area (Å²) >= 11 is 5.97. The molecule has 12 heteroatoms. The Balaban J connectivity index is 1.41. The van der Waals surface area contributed by atoms with Gasteiger partial charge in [0.2, 0.25) is 11.8 Å². The SMILES string of the molecule is NC(=O)c1nn(CC(=O)N2C[C@H](F)C[C@H]2C(=O)Nc2cccc(Cl)c2)c2ccc(-c3ccnnc3)cc12. The third-order valence-corrected chi connectivity index (χ3v) is 6.39. The van der Waals surface area contributed by atoms with Gasteiger partial charge >= 0.3 is 0 Å². The Morgan fingerprint density at radius 3 is 2.68 bits per heavy atom. The number of alkyl halides is 1. The van der Waals surface area contributed by atoms with Gasteiger partial charge in [-0.25, -0.2) is 4.39 Å². The fourth-order valence-corrected chi connectivity index (χ4v) is 4.63. The molecule has 1 aliphatic rings. The topological polar surface area (TPSA) is 136 Å². The summed E-state index contributed by atoms with van der Waals surface area (Å²) in [7, 11) is 0. The van der Waals surface area contributed by atoms with E-state index in [1.807, 2.05) is 0 Å². The van der Waals surface area contributed by atoms with Crippen molar-refractivity contribution in [2.45, 2.75) is 25.2 Å². The second-order valence-electron chi connectivity index (χ2n) is 8.63. The van der Waals surface area contributed by atoms with Crippen LogP contribution in [0.1, 0.15) is 16.9 Å². The second kappa shape index (κ2) is 9.94. The average Bonchev–Trinajstić information content (AvgIpc) is 3.45. The lowest BCUT2D eigenvalue weighted by atomic mass is 10.0. The molecule has 1 aliphatic heterocycles.